The topological polar surface area (TPSA) is 18.5 Å². The van der Waals surface area contributed by atoms with E-state index in [2.05, 4.69) is 26.0 Å². The van der Waals surface area contributed by atoms with Crippen molar-refractivity contribution in [3.63, 3.8) is 0 Å². The van der Waals surface area contributed by atoms with E-state index < -0.39 is 0 Å². The molecule has 0 aromatic heterocycles. The van der Waals surface area contributed by atoms with Crippen molar-refractivity contribution < 1.29 is 9.47 Å². The number of benzene rings is 1. The zero-order valence-electron chi connectivity index (χ0n) is 9.82. The van der Waals surface area contributed by atoms with Crippen LogP contribution < -0.4 is 4.74 Å². The van der Waals surface area contributed by atoms with E-state index in [1.54, 1.807) is 7.11 Å². The van der Waals surface area contributed by atoms with Crippen molar-refractivity contribution in [1.29, 1.82) is 0 Å². The smallest absolute Gasteiger partial charge is 0.118 e. The third-order valence-electron chi connectivity index (χ3n) is 2.22. The zero-order valence-corrected chi connectivity index (χ0v) is 9.82. The summed E-state index contributed by atoms with van der Waals surface area (Å²) in [4.78, 5) is 0. The Hall–Kier alpha value is -1.02. The molecule has 0 saturated heterocycles. The van der Waals surface area contributed by atoms with E-state index in [0.717, 1.165) is 25.2 Å². The minimum atomic E-state index is 0.334. The van der Waals surface area contributed by atoms with Crippen molar-refractivity contribution in [2.75, 3.05) is 13.7 Å². The lowest BCUT2D eigenvalue weighted by Crippen LogP contribution is -2.04. The first kappa shape index (κ1) is 12.1. The Morgan fingerprint density at radius 2 is 1.80 bits per heavy atom. The highest BCUT2D eigenvalue weighted by Gasteiger charge is 1.96. The molecule has 0 aliphatic heterocycles. The normalized spacial score (nSPS) is 10.7. The molecule has 0 spiro atoms. The molecule has 0 bridgehead atoms. The third-order valence-corrected chi connectivity index (χ3v) is 2.22. The fourth-order valence-corrected chi connectivity index (χ4v) is 1.39. The summed E-state index contributed by atoms with van der Waals surface area (Å²) in [7, 11) is 1.69. The predicted molar refractivity (Wildman–Crippen MR) is 62.4 cm³/mol. The van der Waals surface area contributed by atoms with Crippen molar-refractivity contribution in [2.45, 2.75) is 32.8 Å². The van der Waals surface area contributed by atoms with Gasteiger partial charge in [-0.25, -0.2) is 0 Å². The van der Waals surface area contributed by atoms with Crippen molar-refractivity contribution in [2.24, 2.45) is 0 Å². The van der Waals surface area contributed by atoms with E-state index in [0.29, 0.717) is 6.10 Å². The van der Waals surface area contributed by atoms with Gasteiger partial charge in [-0.1, -0.05) is 12.1 Å². The maximum atomic E-state index is 5.48. The zero-order chi connectivity index (χ0) is 11.1. The van der Waals surface area contributed by atoms with Gasteiger partial charge in [-0.15, -0.1) is 0 Å². The molecular formula is C13H20O2. The van der Waals surface area contributed by atoms with Crippen LogP contribution in [0.2, 0.25) is 0 Å². The van der Waals surface area contributed by atoms with Crippen molar-refractivity contribution in [3.8, 4) is 5.75 Å². The fraction of sp³-hybridized carbons (Fsp3) is 0.538. The molecule has 1 aromatic carbocycles. The van der Waals surface area contributed by atoms with Crippen LogP contribution in [-0.4, -0.2) is 19.8 Å². The van der Waals surface area contributed by atoms with Crippen LogP contribution in [0.25, 0.3) is 0 Å². The second-order valence-corrected chi connectivity index (χ2v) is 3.87. The lowest BCUT2D eigenvalue weighted by molar-refractivity contribution is 0.0772. The van der Waals surface area contributed by atoms with Crippen LogP contribution in [0.3, 0.4) is 0 Å². The van der Waals surface area contributed by atoms with Crippen LogP contribution in [-0.2, 0) is 11.2 Å². The predicted octanol–water partition coefficient (Wildman–Crippen LogP) is 3.05. The minimum absolute atomic E-state index is 0.334. The molecule has 0 fully saturated rings. The average Bonchev–Trinajstić information content (AvgIpc) is 2.25. The van der Waals surface area contributed by atoms with Crippen molar-refractivity contribution >= 4 is 0 Å². The average molecular weight is 208 g/mol. The maximum absolute atomic E-state index is 5.48. The fourth-order valence-electron chi connectivity index (χ4n) is 1.39. The van der Waals surface area contributed by atoms with Gasteiger partial charge in [0.2, 0.25) is 0 Å². The van der Waals surface area contributed by atoms with Crippen LogP contribution in [0.4, 0.5) is 0 Å². The van der Waals surface area contributed by atoms with E-state index in [9.17, 15) is 0 Å². The Kier molecular flexibility index (Phi) is 5.19. The van der Waals surface area contributed by atoms with Gasteiger partial charge in [0.05, 0.1) is 13.2 Å². The van der Waals surface area contributed by atoms with Crippen LogP contribution in [0.5, 0.6) is 5.75 Å². The molecule has 0 aliphatic carbocycles. The van der Waals surface area contributed by atoms with Crippen LogP contribution >= 0.6 is 0 Å². The van der Waals surface area contributed by atoms with Crippen LogP contribution in [0.1, 0.15) is 25.8 Å². The lowest BCUT2D eigenvalue weighted by atomic mass is 10.1. The number of hydrogen-bond acceptors (Lipinski definition) is 2. The molecule has 84 valence electrons. The summed E-state index contributed by atoms with van der Waals surface area (Å²) >= 11 is 0. The molecule has 0 radical (unpaired) electrons. The quantitative estimate of drug-likeness (QED) is 0.669. The van der Waals surface area contributed by atoms with E-state index in [-0.39, 0.29) is 0 Å². The first-order valence-corrected chi connectivity index (χ1v) is 5.47. The standard InChI is InChI=1S/C13H20O2/c1-11(2)15-10-4-5-12-6-8-13(14-3)9-7-12/h6-9,11H,4-5,10H2,1-3H3. The Balaban J connectivity index is 2.25. The first-order chi connectivity index (χ1) is 7.22. The lowest BCUT2D eigenvalue weighted by Gasteiger charge is -2.07. The molecule has 0 N–H and O–H groups in total. The van der Waals surface area contributed by atoms with Gasteiger partial charge in [0, 0.05) is 6.61 Å². The molecular weight excluding hydrogens is 188 g/mol. The van der Waals surface area contributed by atoms with Gasteiger partial charge < -0.3 is 9.47 Å². The van der Waals surface area contributed by atoms with Gasteiger partial charge in [-0.3, -0.25) is 0 Å². The largest absolute Gasteiger partial charge is 0.497 e. The highest BCUT2D eigenvalue weighted by molar-refractivity contribution is 5.27. The summed E-state index contributed by atoms with van der Waals surface area (Å²) in [6.07, 6.45) is 2.47. The van der Waals surface area contributed by atoms with Gasteiger partial charge in [0.25, 0.3) is 0 Å². The van der Waals surface area contributed by atoms with Crippen molar-refractivity contribution in [3.05, 3.63) is 29.8 Å². The summed E-state index contributed by atoms with van der Waals surface area (Å²) in [5, 5.41) is 0. The SMILES string of the molecule is COc1ccc(CCCOC(C)C)cc1. The molecule has 0 unspecified atom stereocenters. The van der Waals surface area contributed by atoms with Gasteiger partial charge >= 0.3 is 0 Å². The molecule has 0 amide bonds. The number of ether oxygens (including phenoxy) is 2. The van der Waals surface area contributed by atoms with E-state index >= 15 is 0 Å². The molecule has 2 nitrogen and oxygen atoms in total. The van der Waals surface area contributed by atoms with Gasteiger partial charge in [0.1, 0.15) is 5.75 Å². The summed E-state index contributed by atoms with van der Waals surface area (Å²) in [6, 6.07) is 8.21. The van der Waals surface area contributed by atoms with Crippen LogP contribution in [0, 0.1) is 0 Å². The Labute approximate surface area is 92.2 Å². The second-order valence-electron chi connectivity index (χ2n) is 3.87. The molecule has 2 heteroatoms. The van der Waals surface area contributed by atoms with E-state index in [4.69, 9.17) is 9.47 Å². The Morgan fingerprint density at radius 1 is 1.13 bits per heavy atom. The van der Waals surface area contributed by atoms with Crippen LogP contribution in [0.15, 0.2) is 24.3 Å². The van der Waals surface area contributed by atoms with Crippen molar-refractivity contribution in [1.82, 2.24) is 0 Å². The van der Waals surface area contributed by atoms with Gasteiger partial charge in [0.15, 0.2) is 0 Å². The third kappa shape index (κ3) is 4.84. The summed E-state index contributed by atoms with van der Waals surface area (Å²) in [5.41, 5.74) is 1.34. The molecule has 1 aromatic rings. The monoisotopic (exact) mass is 208 g/mol. The molecule has 15 heavy (non-hydrogen) atoms. The molecule has 1 rings (SSSR count). The van der Waals surface area contributed by atoms with E-state index in [1.165, 1.54) is 5.56 Å². The Bertz CT molecular complexity index is 264. The highest BCUT2D eigenvalue weighted by atomic mass is 16.5. The summed E-state index contributed by atoms with van der Waals surface area (Å²) in [5.74, 6) is 0.914. The second kappa shape index (κ2) is 6.46. The minimum Gasteiger partial charge on any atom is -0.497 e. The highest BCUT2D eigenvalue weighted by Crippen LogP contribution is 2.12. The molecule has 0 aliphatic rings. The van der Waals surface area contributed by atoms with Gasteiger partial charge in [-0.05, 0) is 44.4 Å². The number of methoxy groups -OCH3 is 1. The Morgan fingerprint density at radius 3 is 2.33 bits per heavy atom. The first-order valence-electron chi connectivity index (χ1n) is 5.47. The summed E-state index contributed by atoms with van der Waals surface area (Å²) < 4.78 is 10.6. The van der Waals surface area contributed by atoms with Gasteiger partial charge in [-0.2, -0.15) is 0 Å². The number of hydrogen-bond donors (Lipinski definition) is 0. The van der Waals surface area contributed by atoms with E-state index in [1.807, 2.05) is 12.1 Å². The number of aryl methyl sites for hydroxylation is 1. The maximum Gasteiger partial charge on any atom is 0.118 e. The summed E-state index contributed by atoms with van der Waals surface area (Å²) in [6.45, 7) is 4.96. The molecule has 0 saturated carbocycles. The molecule has 0 atom stereocenters. The number of rotatable bonds is 6. The molecule has 0 heterocycles.